The third-order valence-corrected chi connectivity index (χ3v) is 6.71. The van der Waals surface area contributed by atoms with Crippen molar-refractivity contribution in [2.75, 3.05) is 16.8 Å². The summed E-state index contributed by atoms with van der Waals surface area (Å²) in [5.41, 5.74) is 1.05. The first kappa shape index (κ1) is 25.2. The van der Waals surface area contributed by atoms with Gasteiger partial charge in [0.25, 0.3) is 0 Å². The maximum absolute atomic E-state index is 14.8. The average Bonchev–Trinajstić information content (AvgIpc) is 2.78. The van der Waals surface area contributed by atoms with E-state index in [0.717, 1.165) is 0 Å². The number of carbonyl (C=O) groups excluding carboxylic acids is 2. The summed E-state index contributed by atoms with van der Waals surface area (Å²) < 4.78 is 20.3. The van der Waals surface area contributed by atoms with Crippen molar-refractivity contribution in [3.8, 4) is 0 Å². The lowest BCUT2D eigenvalue weighted by atomic mass is 9.89. The highest BCUT2D eigenvalue weighted by Gasteiger charge is 2.41. The molecule has 2 aliphatic rings. The topological polar surface area (TPSA) is 78.9 Å². The predicted octanol–water partition coefficient (Wildman–Crippen LogP) is 5.70. The molecule has 0 unspecified atom stereocenters. The average molecular weight is 504 g/mol. The Labute approximate surface area is 210 Å². The zero-order valence-corrected chi connectivity index (χ0v) is 21.5. The van der Waals surface area contributed by atoms with Crippen molar-refractivity contribution in [1.29, 1.82) is 0 Å². The number of rotatable bonds is 3. The van der Waals surface area contributed by atoms with Crippen LogP contribution in [0, 0.1) is 12.7 Å². The Morgan fingerprint density at radius 3 is 2.54 bits per heavy atom. The number of fused-ring (bicyclic) bond motifs is 1. The summed E-state index contributed by atoms with van der Waals surface area (Å²) in [4.78, 5) is 39.5. The number of para-hydroxylation sites is 1. The van der Waals surface area contributed by atoms with Gasteiger partial charge in [-0.2, -0.15) is 4.98 Å². The molecule has 0 bridgehead atoms. The number of hydrogen-bond acceptors (Lipinski definition) is 5. The van der Waals surface area contributed by atoms with E-state index in [4.69, 9.17) is 16.3 Å². The van der Waals surface area contributed by atoms with E-state index >= 15 is 0 Å². The summed E-state index contributed by atoms with van der Waals surface area (Å²) in [6.45, 7) is 7.45. The molecule has 35 heavy (non-hydrogen) atoms. The zero-order chi connectivity index (χ0) is 25.5. The maximum atomic E-state index is 14.8. The number of benzene rings is 1. The van der Waals surface area contributed by atoms with Crippen LogP contribution in [0.15, 0.2) is 24.4 Å². The van der Waals surface area contributed by atoms with Gasteiger partial charge in [-0.05, 0) is 76.6 Å². The molecule has 1 fully saturated rings. The number of ether oxygens (including phenoxy) is 1. The van der Waals surface area contributed by atoms with Gasteiger partial charge >= 0.3 is 12.1 Å². The fourth-order valence-electron chi connectivity index (χ4n) is 4.81. The van der Waals surface area contributed by atoms with Gasteiger partial charge in [-0.1, -0.05) is 12.1 Å². The Hall–Kier alpha value is -2.94. The van der Waals surface area contributed by atoms with Crippen LogP contribution in [0.4, 0.5) is 25.5 Å². The second kappa shape index (κ2) is 9.60. The zero-order valence-electron chi connectivity index (χ0n) is 20.7. The molecule has 0 spiro atoms. The summed E-state index contributed by atoms with van der Waals surface area (Å²) in [6, 6.07) is 4.24. The molecule has 1 aliphatic heterocycles. The van der Waals surface area contributed by atoms with E-state index in [-0.39, 0.29) is 41.7 Å². The normalized spacial score (nSPS) is 20.5. The van der Waals surface area contributed by atoms with Crippen molar-refractivity contribution in [2.45, 2.75) is 77.6 Å². The van der Waals surface area contributed by atoms with Gasteiger partial charge in [0, 0.05) is 30.9 Å². The number of hydrogen-bond donors (Lipinski definition) is 0. The van der Waals surface area contributed by atoms with E-state index in [9.17, 15) is 14.0 Å². The van der Waals surface area contributed by atoms with Gasteiger partial charge < -0.3 is 9.64 Å². The number of urea groups is 1. The van der Waals surface area contributed by atoms with Gasteiger partial charge in [-0.25, -0.2) is 19.0 Å². The molecule has 1 aromatic heterocycles. The first-order valence-corrected chi connectivity index (χ1v) is 12.2. The summed E-state index contributed by atoms with van der Waals surface area (Å²) in [6.07, 6.45) is 3.91. The second-order valence-electron chi connectivity index (χ2n) is 10.2. The lowest BCUT2D eigenvalue weighted by Gasteiger charge is -2.43. The minimum absolute atomic E-state index is 0.000588. The highest BCUT2D eigenvalue weighted by Crippen LogP contribution is 2.38. The Balaban J connectivity index is 1.59. The van der Waals surface area contributed by atoms with E-state index in [1.807, 2.05) is 20.8 Å². The molecule has 1 aliphatic carbocycles. The number of nitrogens with zero attached hydrogens (tertiary/aromatic N) is 5. The first-order chi connectivity index (χ1) is 16.5. The van der Waals surface area contributed by atoms with E-state index in [1.165, 1.54) is 11.0 Å². The van der Waals surface area contributed by atoms with Crippen LogP contribution in [0.2, 0.25) is 5.28 Å². The molecule has 0 N–H and O–H groups in total. The number of amides is 3. The van der Waals surface area contributed by atoms with Crippen molar-refractivity contribution in [2.24, 2.45) is 0 Å². The van der Waals surface area contributed by atoms with Gasteiger partial charge in [0.1, 0.15) is 17.2 Å². The number of anilines is 2. The number of aromatic nitrogens is 2. The van der Waals surface area contributed by atoms with Gasteiger partial charge in [0.2, 0.25) is 5.28 Å². The molecule has 1 saturated carbocycles. The van der Waals surface area contributed by atoms with Gasteiger partial charge in [0.15, 0.2) is 0 Å². The SMILES string of the molecule is Cc1cccc(F)c1N1Cc2cnc(Cl)nc2N([C@H]2CC[C@H](N(C)C(=O)OC(C)(C)C)CC2)C1=O. The van der Waals surface area contributed by atoms with Crippen LogP contribution in [0.25, 0.3) is 0 Å². The van der Waals surface area contributed by atoms with Crippen LogP contribution in [-0.2, 0) is 11.3 Å². The molecule has 10 heteroatoms. The van der Waals surface area contributed by atoms with Gasteiger partial charge in [-0.3, -0.25) is 9.80 Å². The third-order valence-electron chi connectivity index (χ3n) is 6.52. The van der Waals surface area contributed by atoms with Crippen molar-refractivity contribution in [1.82, 2.24) is 14.9 Å². The van der Waals surface area contributed by atoms with Crippen LogP contribution in [0.5, 0.6) is 0 Å². The molecule has 0 saturated heterocycles. The molecule has 0 atom stereocenters. The lowest BCUT2D eigenvalue weighted by Crippen LogP contribution is -2.54. The number of halogens is 2. The molecular formula is C25H31ClFN5O3. The van der Waals surface area contributed by atoms with Crippen molar-refractivity contribution >= 4 is 35.2 Å². The molecule has 2 heterocycles. The van der Waals surface area contributed by atoms with Crippen molar-refractivity contribution < 1.29 is 18.7 Å². The third kappa shape index (κ3) is 5.19. The standard InChI is InChI=1S/C25H31ClFN5O3/c1-15-7-6-8-19(27)20(15)31-14-16-13-28-22(26)29-21(16)32(23(31)33)18-11-9-17(10-12-18)30(5)24(34)35-25(2,3)4/h6-8,13,17-18H,9-12,14H2,1-5H3/t17-,18-. The van der Waals surface area contributed by atoms with Crippen LogP contribution in [0.1, 0.15) is 57.6 Å². The smallest absolute Gasteiger partial charge is 0.410 e. The number of aryl methyl sites for hydroxylation is 1. The Morgan fingerprint density at radius 1 is 1.23 bits per heavy atom. The van der Waals surface area contributed by atoms with E-state index in [2.05, 4.69) is 9.97 Å². The number of carbonyl (C=O) groups is 2. The summed E-state index contributed by atoms with van der Waals surface area (Å²) in [5.74, 6) is 0.00325. The predicted molar refractivity (Wildman–Crippen MR) is 132 cm³/mol. The first-order valence-electron chi connectivity index (χ1n) is 11.8. The van der Waals surface area contributed by atoms with E-state index in [1.54, 1.807) is 42.1 Å². The Kier molecular flexibility index (Phi) is 6.90. The largest absolute Gasteiger partial charge is 0.444 e. The molecule has 2 aromatic rings. The summed E-state index contributed by atoms with van der Waals surface area (Å²) in [7, 11) is 1.75. The minimum atomic E-state index is -0.570. The molecule has 4 rings (SSSR count). The van der Waals surface area contributed by atoms with Crippen LogP contribution in [0.3, 0.4) is 0 Å². The maximum Gasteiger partial charge on any atom is 0.410 e. The lowest BCUT2D eigenvalue weighted by molar-refractivity contribution is 0.0183. The highest BCUT2D eigenvalue weighted by atomic mass is 35.5. The van der Waals surface area contributed by atoms with E-state index in [0.29, 0.717) is 42.6 Å². The quantitative estimate of drug-likeness (QED) is 0.502. The highest BCUT2D eigenvalue weighted by molar-refractivity contribution is 6.28. The Bertz CT molecular complexity index is 1110. The monoisotopic (exact) mass is 503 g/mol. The molecule has 0 radical (unpaired) electrons. The molecule has 1 aromatic carbocycles. The fourth-order valence-corrected chi connectivity index (χ4v) is 4.94. The molecule has 8 nitrogen and oxygen atoms in total. The van der Waals surface area contributed by atoms with Gasteiger partial charge in [-0.15, -0.1) is 0 Å². The molecular weight excluding hydrogens is 473 g/mol. The minimum Gasteiger partial charge on any atom is -0.444 e. The van der Waals surface area contributed by atoms with Crippen LogP contribution in [-0.4, -0.2) is 51.7 Å². The van der Waals surface area contributed by atoms with Crippen LogP contribution >= 0.6 is 11.6 Å². The summed E-state index contributed by atoms with van der Waals surface area (Å²) in [5, 5.41) is 0.0513. The Morgan fingerprint density at radius 2 is 1.91 bits per heavy atom. The van der Waals surface area contributed by atoms with Crippen molar-refractivity contribution in [3.05, 3.63) is 46.6 Å². The summed E-state index contributed by atoms with van der Waals surface area (Å²) >= 11 is 6.09. The molecule has 188 valence electrons. The fraction of sp³-hybridized carbons (Fsp3) is 0.520. The van der Waals surface area contributed by atoms with Crippen LogP contribution < -0.4 is 9.80 Å². The van der Waals surface area contributed by atoms with Crippen molar-refractivity contribution in [3.63, 3.8) is 0 Å². The second-order valence-corrected chi connectivity index (χ2v) is 10.5. The van der Waals surface area contributed by atoms with E-state index < -0.39 is 11.4 Å². The molecule has 3 amide bonds. The van der Waals surface area contributed by atoms with Gasteiger partial charge in [0.05, 0.1) is 12.2 Å².